The second-order valence-corrected chi connectivity index (χ2v) is 3.36. The molecule has 0 aliphatic heterocycles. The largest absolute Gasteiger partial charge is 0.318 e. The molecule has 0 bridgehead atoms. The summed E-state index contributed by atoms with van der Waals surface area (Å²) in [4.78, 5) is 0. The maximum absolute atomic E-state index is 5.99. The van der Waals surface area contributed by atoms with Crippen LogP contribution in [0, 0.1) is 6.92 Å². The van der Waals surface area contributed by atoms with Crippen LogP contribution in [0.4, 0.5) is 0 Å². The Hall–Kier alpha value is -1.08. The second-order valence-electron chi connectivity index (χ2n) is 3.36. The van der Waals surface area contributed by atoms with E-state index >= 15 is 0 Å². The third-order valence-electron chi connectivity index (χ3n) is 2.06. The molecule has 1 aromatic carbocycles. The summed E-state index contributed by atoms with van der Waals surface area (Å²) in [6.45, 7) is 7.72. The van der Waals surface area contributed by atoms with Gasteiger partial charge in [-0.15, -0.1) is 6.58 Å². The molecule has 1 aromatic rings. The Bertz CT molecular complexity index is 287. The van der Waals surface area contributed by atoms with Crippen LogP contribution in [0.2, 0.25) is 0 Å². The minimum atomic E-state index is -0.411. The fourth-order valence-corrected chi connectivity index (χ4v) is 1.10. The van der Waals surface area contributed by atoms with Crippen LogP contribution >= 0.6 is 0 Å². The minimum Gasteiger partial charge on any atom is -0.318 e. The molecule has 0 amide bonds. The number of rotatable bonds is 2. The Kier molecular flexibility index (Phi) is 2.34. The van der Waals surface area contributed by atoms with Gasteiger partial charge in [0, 0.05) is 0 Å². The standard InChI is InChI=1S/C11H15N/c1-4-11(3,12)10-7-5-6-9(2)8-10/h4-8H,1,12H2,2-3H3/t11-/m0/s1. The lowest BCUT2D eigenvalue weighted by Gasteiger charge is -2.20. The van der Waals surface area contributed by atoms with Crippen LogP contribution < -0.4 is 5.73 Å². The molecule has 0 saturated heterocycles. The van der Waals surface area contributed by atoms with Crippen molar-refractivity contribution >= 4 is 0 Å². The first kappa shape index (κ1) is 9.01. The third-order valence-corrected chi connectivity index (χ3v) is 2.06. The van der Waals surface area contributed by atoms with Crippen molar-refractivity contribution in [2.45, 2.75) is 19.4 Å². The predicted octanol–water partition coefficient (Wildman–Crippen LogP) is 2.35. The highest BCUT2D eigenvalue weighted by molar-refractivity contribution is 5.31. The number of benzene rings is 1. The fourth-order valence-electron chi connectivity index (χ4n) is 1.10. The first-order valence-corrected chi connectivity index (χ1v) is 4.06. The van der Waals surface area contributed by atoms with Crippen LogP contribution in [0.25, 0.3) is 0 Å². The van der Waals surface area contributed by atoms with E-state index in [1.807, 2.05) is 19.1 Å². The fraction of sp³-hybridized carbons (Fsp3) is 0.273. The first-order chi connectivity index (χ1) is 5.56. The second kappa shape index (κ2) is 3.11. The van der Waals surface area contributed by atoms with Gasteiger partial charge in [0.2, 0.25) is 0 Å². The molecule has 0 unspecified atom stereocenters. The average Bonchev–Trinajstić information content (AvgIpc) is 2.05. The van der Waals surface area contributed by atoms with E-state index in [0.29, 0.717) is 0 Å². The van der Waals surface area contributed by atoms with E-state index in [1.54, 1.807) is 6.08 Å². The topological polar surface area (TPSA) is 26.0 Å². The average molecular weight is 161 g/mol. The van der Waals surface area contributed by atoms with Gasteiger partial charge in [0.15, 0.2) is 0 Å². The summed E-state index contributed by atoms with van der Waals surface area (Å²) in [5.74, 6) is 0. The molecule has 1 heteroatoms. The van der Waals surface area contributed by atoms with E-state index < -0.39 is 5.54 Å². The van der Waals surface area contributed by atoms with Crippen molar-refractivity contribution in [3.8, 4) is 0 Å². The molecule has 1 nitrogen and oxygen atoms in total. The molecule has 0 spiro atoms. The Morgan fingerprint density at radius 3 is 2.67 bits per heavy atom. The molecule has 64 valence electrons. The highest BCUT2D eigenvalue weighted by Gasteiger charge is 2.15. The van der Waals surface area contributed by atoms with Crippen molar-refractivity contribution in [3.05, 3.63) is 48.0 Å². The maximum atomic E-state index is 5.99. The molecule has 0 saturated carbocycles. The van der Waals surface area contributed by atoms with Gasteiger partial charge in [0.25, 0.3) is 0 Å². The SMILES string of the molecule is C=C[C@](C)(N)c1cccc(C)c1. The first-order valence-electron chi connectivity index (χ1n) is 4.06. The van der Waals surface area contributed by atoms with Gasteiger partial charge >= 0.3 is 0 Å². The Labute approximate surface area is 73.9 Å². The Morgan fingerprint density at radius 1 is 1.50 bits per heavy atom. The van der Waals surface area contributed by atoms with E-state index in [9.17, 15) is 0 Å². The molecule has 0 fully saturated rings. The van der Waals surface area contributed by atoms with Crippen LogP contribution in [0.5, 0.6) is 0 Å². The van der Waals surface area contributed by atoms with Gasteiger partial charge in [-0.2, -0.15) is 0 Å². The lowest BCUT2D eigenvalue weighted by molar-refractivity contribution is 0.631. The molecule has 1 atom stereocenters. The monoisotopic (exact) mass is 161 g/mol. The van der Waals surface area contributed by atoms with Crippen molar-refractivity contribution in [1.82, 2.24) is 0 Å². The van der Waals surface area contributed by atoms with Gasteiger partial charge in [0.1, 0.15) is 0 Å². The molecule has 0 radical (unpaired) electrons. The quantitative estimate of drug-likeness (QED) is 0.662. The summed E-state index contributed by atoms with van der Waals surface area (Å²) in [5, 5.41) is 0. The highest BCUT2D eigenvalue weighted by Crippen LogP contribution is 2.19. The van der Waals surface area contributed by atoms with Crippen LogP contribution in [0.15, 0.2) is 36.9 Å². The third kappa shape index (κ3) is 1.74. The molecule has 0 aliphatic rings. The van der Waals surface area contributed by atoms with E-state index in [0.717, 1.165) is 5.56 Å². The summed E-state index contributed by atoms with van der Waals surface area (Å²) in [5.41, 5.74) is 7.91. The molecule has 0 aromatic heterocycles. The molecular formula is C11H15N. The lowest BCUT2D eigenvalue weighted by Crippen LogP contribution is -2.29. The smallest absolute Gasteiger partial charge is 0.0564 e. The summed E-state index contributed by atoms with van der Waals surface area (Å²) >= 11 is 0. The van der Waals surface area contributed by atoms with Crippen LogP contribution in [0.1, 0.15) is 18.1 Å². The molecular weight excluding hydrogens is 146 g/mol. The lowest BCUT2D eigenvalue weighted by atomic mass is 9.92. The molecule has 1 rings (SSSR count). The normalized spacial score (nSPS) is 15.2. The van der Waals surface area contributed by atoms with Gasteiger partial charge in [-0.05, 0) is 19.4 Å². The molecule has 2 N–H and O–H groups in total. The van der Waals surface area contributed by atoms with Crippen molar-refractivity contribution < 1.29 is 0 Å². The van der Waals surface area contributed by atoms with Crippen molar-refractivity contribution in [2.75, 3.05) is 0 Å². The predicted molar refractivity (Wildman–Crippen MR) is 52.9 cm³/mol. The zero-order chi connectivity index (χ0) is 9.19. The Balaban J connectivity index is 3.11. The van der Waals surface area contributed by atoms with Crippen molar-refractivity contribution in [3.63, 3.8) is 0 Å². The van der Waals surface area contributed by atoms with Crippen LogP contribution in [0.3, 0.4) is 0 Å². The van der Waals surface area contributed by atoms with E-state index in [2.05, 4.69) is 25.6 Å². The van der Waals surface area contributed by atoms with Crippen LogP contribution in [-0.2, 0) is 5.54 Å². The molecule has 0 aliphatic carbocycles. The van der Waals surface area contributed by atoms with Crippen LogP contribution in [-0.4, -0.2) is 0 Å². The highest BCUT2D eigenvalue weighted by atomic mass is 14.7. The van der Waals surface area contributed by atoms with Crippen molar-refractivity contribution in [2.24, 2.45) is 5.73 Å². The van der Waals surface area contributed by atoms with Gasteiger partial charge < -0.3 is 5.73 Å². The minimum absolute atomic E-state index is 0.411. The van der Waals surface area contributed by atoms with E-state index in [1.165, 1.54) is 5.56 Å². The summed E-state index contributed by atoms with van der Waals surface area (Å²) in [6, 6.07) is 8.18. The summed E-state index contributed by atoms with van der Waals surface area (Å²) in [6.07, 6.45) is 1.77. The van der Waals surface area contributed by atoms with Gasteiger partial charge in [0.05, 0.1) is 5.54 Å². The number of hydrogen-bond acceptors (Lipinski definition) is 1. The Morgan fingerprint density at radius 2 is 2.17 bits per heavy atom. The van der Waals surface area contributed by atoms with Gasteiger partial charge in [-0.1, -0.05) is 35.9 Å². The molecule has 12 heavy (non-hydrogen) atoms. The van der Waals surface area contributed by atoms with Gasteiger partial charge in [-0.3, -0.25) is 0 Å². The summed E-state index contributed by atoms with van der Waals surface area (Å²) < 4.78 is 0. The number of aryl methyl sites for hydroxylation is 1. The number of nitrogens with two attached hydrogens (primary N) is 1. The zero-order valence-electron chi connectivity index (χ0n) is 7.67. The molecule has 0 heterocycles. The van der Waals surface area contributed by atoms with E-state index in [4.69, 9.17) is 5.73 Å². The van der Waals surface area contributed by atoms with Gasteiger partial charge in [-0.25, -0.2) is 0 Å². The zero-order valence-corrected chi connectivity index (χ0v) is 7.67. The summed E-state index contributed by atoms with van der Waals surface area (Å²) in [7, 11) is 0. The van der Waals surface area contributed by atoms with Crippen molar-refractivity contribution in [1.29, 1.82) is 0 Å². The van der Waals surface area contributed by atoms with E-state index in [-0.39, 0.29) is 0 Å². The number of hydrogen-bond donors (Lipinski definition) is 1. The maximum Gasteiger partial charge on any atom is 0.0564 e.